The molecule has 3 rings (SSSR count). The van der Waals surface area contributed by atoms with Crippen LogP contribution < -0.4 is 0 Å². The van der Waals surface area contributed by atoms with Gasteiger partial charge in [0.2, 0.25) is 0 Å². The van der Waals surface area contributed by atoms with Gasteiger partial charge in [0.1, 0.15) is 16.9 Å². The molecule has 20 heavy (non-hydrogen) atoms. The summed E-state index contributed by atoms with van der Waals surface area (Å²) in [6, 6.07) is 8.62. The molecule has 0 radical (unpaired) electrons. The highest BCUT2D eigenvalue weighted by molar-refractivity contribution is 7.99. The Morgan fingerprint density at radius 2 is 1.75 bits per heavy atom. The maximum Gasteiger partial charge on any atom is 0.181 e. The Morgan fingerprint density at radius 1 is 1.00 bits per heavy atom. The summed E-state index contributed by atoms with van der Waals surface area (Å²) >= 11 is 1.62. The minimum atomic E-state index is 0.175. The lowest BCUT2D eigenvalue weighted by atomic mass is 9.87. The van der Waals surface area contributed by atoms with Gasteiger partial charge in [-0.2, -0.15) is 0 Å². The zero-order valence-corrected chi connectivity index (χ0v) is 12.5. The minimum Gasteiger partial charge on any atom is -0.341 e. The van der Waals surface area contributed by atoms with Gasteiger partial charge in [-0.3, -0.25) is 0 Å². The van der Waals surface area contributed by atoms with E-state index < -0.39 is 0 Å². The second-order valence-corrected chi connectivity index (χ2v) is 6.72. The van der Waals surface area contributed by atoms with Crippen LogP contribution in [0, 0.1) is 0 Å². The van der Waals surface area contributed by atoms with E-state index in [4.69, 9.17) is 0 Å². The number of aromatic amines is 1. The fourth-order valence-corrected chi connectivity index (χ4v) is 2.80. The molecule has 2 heterocycles. The fraction of sp³-hybridized carbons (Fsp3) is 0.267. The number of rotatable bonds is 2. The average molecular weight is 284 g/mol. The van der Waals surface area contributed by atoms with Crippen molar-refractivity contribution in [3.8, 4) is 0 Å². The quantitative estimate of drug-likeness (QED) is 0.727. The van der Waals surface area contributed by atoms with Gasteiger partial charge < -0.3 is 4.98 Å². The van der Waals surface area contributed by atoms with Crippen LogP contribution in [0.1, 0.15) is 26.3 Å². The molecule has 4 nitrogen and oxygen atoms in total. The summed E-state index contributed by atoms with van der Waals surface area (Å²) in [5, 5.41) is 0.899. The number of fused-ring (bicyclic) bond motifs is 1. The van der Waals surface area contributed by atoms with E-state index in [1.54, 1.807) is 24.4 Å². The fourth-order valence-electron chi connectivity index (χ4n) is 1.95. The maximum atomic E-state index is 4.33. The number of hydrogen-bond donors (Lipinski definition) is 1. The third kappa shape index (κ3) is 2.54. The molecule has 2 aromatic heterocycles. The molecule has 1 aromatic carbocycles. The molecule has 0 unspecified atom stereocenters. The number of nitrogens with one attached hydrogen (secondary N) is 1. The summed E-state index contributed by atoms with van der Waals surface area (Å²) in [6.07, 6.45) is 3.20. The van der Waals surface area contributed by atoms with Crippen molar-refractivity contribution >= 4 is 22.9 Å². The molecule has 0 atom stereocenters. The first-order valence-electron chi connectivity index (χ1n) is 6.46. The normalized spacial score (nSPS) is 11.9. The molecule has 0 fully saturated rings. The Morgan fingerprint density at radius 3 is 2.45 bits per heavy atom. The summed E-state index contributed by atoms with van der Waals surface area (Å²) < 4.78 is 0. The third-order valence-corrected chi connectivity index (χ3v) is 4.13. The Balaban J connectivity index is 1.90. The van der Waals surface area contributed by atoms with Crippen LogP contribution in [0.25, 0.3) is 11.2 Å². The number of imidazole rings is 1. The van der Waals surface area contributed by atoms with E-state index >= 15 is 0 Å². The minimum absolute atomic E-state index is 0.175. The number of nitrogens with zero attached hydrogens (tertiary/aromatic N) is 3. The second-order valence-electron chi connectivity index (χ2n) is 5.66. The predicted molar refractivity (Wildman–Crippen MR) is 80.9 cm³/mol. The highest BCUT2D eigenvalue weighted by atomic mass is 32.2. The molecule has 0 amide bonds. The second kappa shape index (κ2) is 4.90. The van der Waals surface area contributed by atoms with Gasteiger partial charge >= 0.3 is 0 Å². The molecule has 0 aliphatic heterocycles. The summed E-state index contributed by atoms with van der Waals surface area (Å²) in [7, 11) is 0. The van der Waals surface area contributed by atoms with E-state index in [0.29, 0.717) is 5.65 Å². The zero-order chi connectivity index (χ0) is 14.2. The van der Waals surface area contributed by atoms with Crippen molar-refractivity contribution in [1.29, 1.82) is 0 Å². The zero-order valence-electron chi connectivity index (χ0n) is 11.7. The first-order valence-corrected chi connectivity index (χ1v) is 7.28. The van der Waals surface area contributed by atoms with Crippen LogP contribution in [0.3, 0.4) is 0 Å². The van der Waals surface area contributed by atoms with Crippen LogP contribution in [0.2, 0.25) is 0 Å². The molecule has 0 saturated heterocycles. The molecule has 0 aliphatic rings. The van der Waals surface area contributed by atoms with Crippen molar-refractivity contribution in [2.24, 2.45) is 0 Å². The lowest BCUT2D eigenvalue weighted by molar-refractivity contribution is 0.590. The summed E-state index contributed by atoms with van der Waals surface area (Å²) in [5.41, 5.74) is 3.09. The smallest absolute Gasteiger partial charge is 0.181 e. The highest BCUT2D eigenvalue weighted by Crippen LogP contribution is 2.31. The van der Waals surface area contributed by atoms with Crippen molar-refractivity contribution in [1.82, 2.24) is 19.9 Å². The van der Waals surface area contributed by atoms with E-state index in [1.165, 1.54) is 5.56 Å². The van der Waals surface area contributed by atoms with Crippen molar-refractivity contribution < 1.29 is 0 Å². The van der Waals surface area contributed by atoms with E-state index in [1.807, 2.05) is 0 Å². The van der Waals surface area contributed by atoms with Gasteiger partial charge in [0.15, 0.2) is 5.65 Å². The summed E-state index contributed by atoms with van der Waals surface area (Å²) in [4.78, 5) is 16.8. The largest absolute Gasteiger partial charge is 0.341 e. The molecular weight excluding hydrogens is 268 g/mol. The molecule has 3 aromatic rings. The number of benzene rings is 1. The number of H-pyrrole nitrogens is 1. The van der Waals surface area contributed by atoms with E-state index in [9.17, 15) is 0 Å². The maximum absolute atomic E-state index is 4.33. The van der Waals surface area contributed by atoms with Crippen LogP contribution in [0.5, 0.6) is 0 Å². The summed E-state index contributed by atoms with van der Waals surface area (Å²) in [6.45, 7) is 6.65. The molecule has 5 heteroatoms. The number of aromatic nitrogens is 4. The molecule has 0 bridgehead atoms. The Kier molecular flexibility index (Phi) is 3.22. The molecule has 0 spiro atoms. The topological polar surface area (TPSA) is 54.5 Å². The molecule has 0 aliphatic carbocycles. The Labute approximate surface area is 122 Å². The molecule has 102 valence electrons. The average Bonchev–Trinajstić information content (AvgIpc) is 2.88. The van der Waals surface area contributed by atoms with Crippen LogP contribution in [-0.4, -0.2) is 19.9 Å². The molecule has 0 saturated carbocycles. The predicted octanol–water partition coefficient (Wildman–Crippen LogP) is 3.80. The molecular formula is C15H16N4S. The lowest BCUT2D eigenvalue weighted by Gasteiger charge is -2.18. The summed E-state index contributed by atoms with van der Waals surface area (Å²) in [5.74, 6) is 0. The van der Waals surface area contributed by atoms with Gasteiger partial charge in [0.25, 0.3) is 0 Å². The highest BCUT2D eigenvalue weighted by Gasteiger charge is 2.13. The standard InChI is InChI=1S/C15H16N4S/c1-15(2,3)10-4-6-11(7-5-10)20-14-12-13(17-8-16-12)18-9-19-14/h4-9H,1-3H3,(H,16,17,18,19). The van der Waals surface area contributed by atoms with E-state index in [-0.39, 0.29) is 5.41 Å². The van der Waals surface area contributed by atoms with Crippen molar-refractivity contribution in [2.75, 3.05) is 0 Å². The van der Waals surface area contributed by atoms with Crippen LogP contribution in [0.15, 0.2) is 46.8 Å². The van der Waals surface area contributed by atoms with Gasteiger partial charge in [0.05, 0.1) is 6.33 Å². The van der Waals surface area contributed by atoms with E-state index in [0.717, 1.165) is 15.4 Å². The van der Waals surface area contributed by atoms with Crippen molar-refractivity contribution in [3.63, 3.8) is 0 Å². The van der Waals surface area contributed by atoms with Crippen molar-refractivity contribution in [3.05, 3.63) is 42.5 Å². The Bertz CT molecular complexity index is 725. The Hall–Kier alpha value is -1.88. The van der Waals surface area contributed by atoms with E-state index in [2.05, 4.69) is 65.0 Å². The SMILES string of the molecule is CC(C)(C)c1ccc(Sc2ncnc3nc[nH]c23)cc1. The van der Waals surface area contributed by atoms with Gasteiger partial charge in [-0.15, -0.1) is 0 Å². The number of hydrogen-bond acceptors (Lipinski definition) is 4. The first-order chi connectivity index (χ1) is 9.54. The molecule has 1 N–H and O–H groups in total. The van der Waals surface area contributed by atoms with Crippen LogP contribution >= 0.6 is 11.8 Å². The lowest BCUT2D eigenvalue weighted by Crippen LogP contribution is -2.10. The van der Waals surface area contributed by atoms with Gasteiger partial charge in [0, 0.05) is 4.90 Å². The van der Waals surface area contributed by atoms with Gasteiger partial charge in [-0.25, -0.2) is 15.0 Å². The first kappa shape index (κ1) is 13.1. The third-order valence-electron chi connectivity index (χ3n) is 3.12. The van der Waals surface area contributed by atoms with Gasteiger partial charge in [-0.05, 0) is 23.1 Å². The monoisotopic (exact) mass is 284 g/mol. The van der Waals surface area contributed by atoms with Crippen LogP contribution in [0.4, 0.5) is 0 Å². The van der Waals surface area contributed by atoms with Gasteiger partial charge in [-0.1, -0.05) is 44.7 Å². The van der Waals surface area contributed by atoms with Crippen LogP contribution in [-0.2, 0) is 5.41 Å². The van der Waals surface area contributed by atoms with Crippen molar-refractivity contribution in [2.45, 2.75) is 36.1 Å².